The Morgan fingerprint density at radius 1 is 1.54 bits per heavy atom. The van der Waals surface area contributed by atoms with E-state index in [0.29, 0.717) is 0 Å². The first kappa shape index (κ1) is 11.1. The summed E-state index contributed by atoms with van der Waals surface area (Å²) >= 11 is 0. The molecule has 0 aromatic rings. The molecule has 0 bridgehead atoms. The van der Waals surface area contributed by atoms with E-state index < -0.39 is 33.1 Å². The summed E-state index contributed by atoms with van der Waals surface area (Å²) in [5.41, 5.74) is 0. The van der Waals surface area contributed by atoms with E-state index in [1.54, 1.807) is 0 Å². The third-order valence-corrected chi connectivity index (χ3v) is 3.07. The zero-order chi connectivity index (χ0) is 10.1. The zero-order valence-electron chi connectivity index (χ0n) is 6.67. The van der Waals surface area contributed by atoms with Gasteiger partial charge in [-0.05, 0) is 0 Å². The lowest BCUT2D eigenvalue weighted by atomic mass is 10.00. The minimum absolute atomic E-state index is 0.0359. The highest BCUT2D eigenvalue weighted by Crippen LogP contribution is 2.33. The van der Waals surface area contributed by atoms with Crippen LogP contribution in [0.4, 0.5) is 8.78 Å². The third kappa shape index (κ3) is 3.36. The van der Waals surface area contributed by atoms with E-state index in [2.05, 4.69) is 0 Å². The summed E-state index contributed by atoms with van der Waals surface area (Å²) in [6.45, 7) is -0.287. The van der Waals surface area contributed by atoms with E-state index in [9.17, 15) is 17.2 Å². The molecule has 0 N–H and O–H groups in total. The first-order valence-corrected chi connectivity index (χ1v) is 6.17. The monoisotopic (exact) mass is 234 g/mol. The van der Waals surface area contributed by atoms with Crippen LogP contribution in [0.25, 0.3) is 0 Å². The minimum atomic E-state index is -3.88. The van der Waals surface area contributed by atoms with Crippen molar-refractivity contribution in [1.29, 1.82) is 0 Å². The number of rotatable bonds is 2. The van der Waals surface area contributed by atoms with Crippen molar-refractivity contribution in [3.8, 4) is 0 Å². The first-order chi connectivity index (χ1) is 5.81. The standard InChI is InChI=1S/C6H9ClF2O3S/c7-13(10,11)4-5-3-12-2-1-6(5,8)9/h5H,1-4H2. The van der Waals surface area contributed by atoms with E-state index >= 15 is 0 Å². The molecule has 0 aromatic heterocycles. The molecule has 0 radical (unpaired) electrons. The lowest BCUT2D eigenvalue weighted by Crippen LogP contribution is -2.41. The Balaban J connectivity index is 2.67. The normalized spacial score (nSPS) is 28.7. The second-order valence-corrected chi connectivity index (χ2v) is 5.81. The van der Waals surface area contributed by atoms with Crippen LogP contribution in [0.5, 0.6) is 0 Å². The van der Waals surface area contributed by atoms with Gasteiger partial charge in [0, 0.05) is 17.1 Å². The van der Waals surface area contributed by atoms with E-state index in [0.717, 1.165) is 0 Å². The van der Waals surface area contributed by atoms with Crippen molar-refractivity contribution < 1.29 is 21.9 Å². The third-order valence-electron chi connectivity index (χ3n) is 1.90. The van der Waals surface area contributed by atoms with Gasteiger partial charge < -0.3 is 4.74 Å². The van der Waals surface area contributed by atoms with Gasteiger partial charge in [-0.1, -0.05) is 0 Å². The average Bonchev–Trinajstić information content (AvgIpc) is 1.91. The van der Waals surface area contributed by atoms with Crippen molar-refractivity contribution in [3.63, 3.8) is 0 Å². The minimum Gasteiger partial charge on any atom is -0.381 e. The Morgan fingerprint density at radius 2 is 2.15 bits per heavy atom. The van der Waals surface area contributed by atoms with E-state index in [1.807, 2.05) is 0 Å². The number of halogens is 3. The SMILES string of the molecule is O=S(=O)(Cl)CC1COCCC1(F)F. The van der Waals surface area contributed by atoms with Crippen LogP contribution in [0.15, 0.2) is 0 Å². The molecular formula is C6H9ClF2O3S. The van der Waals surface area contributed by atoms with Crippen LogP contribution in [0, 0.1) is 5.92 Å². The molecule has 3 nitrogen and oxygen atoms in total. The van der Waals surface area contributed by atoms with Crippen molar-refractivity contribution in [2.75, 3.05) is 19.0 Å². The van der Waals surface area contributed by atoms with Gasteiger partial charge in [-0.3, -0.25) is 0 Å². The van der Waals surface area contributed by atoms with E-state index in [1.165, 1.54) is 0 Å². The Hall–Kier alpha value is 0.0600. The highest BCUT2D eigenvalue weighted by molar-refractivity contribution is 8.13. The number of ether oxygens (including phenoxy) is 1. The maximum absolute atomic E-state index is 13.0. The van der Waals surface area contributed by atoms with Crippen LogP contribution < -0.4 is 0 Å². The van der Waals surface area contributed by atoms with Gasteiger partial charge in [0.25, 0.3) is 5.92 Å². The molecule has 1 atom stereocenters. The van der Waals surface area contributed by atoms with Crippen molar-refractivity contribution in [2.45, 2.75) is 12.3 Å². The molecule has 7 heteroatoms. The summed E-state index contributed by atoms with van der Waals surface area (Å²) in [5, 5.41) is 0. The molecule has 0 saturated carbocycles. The van der Waals surface area contributed by atoms with Crippen molar-refractivity contribution in [2.24, 2.45) is 5.92 Å². The first-order valence-electron chi connectivity index (χ1n) is 3.69. The fourth-order valence-corrected chi connectivity index (χ4v) is 2.45. The van der Waals surface area contributed by atoms with Gasteiger partial charge in [-0.15, -0.1) is 0 Å². The van der Waals surface area contributed by atoms with Crippen LogP contribution >= 0.6 is 10.7 Å². The van der Waals surface area contributed by atoms with Gasteiger partial charge in [0.05, 0.1) is 24.9 Å². The van der Waals surface area contributed by atoms with E-state index in [-0.39, 0.29) is 13.2 Å². The lowest BCUT2D eigenvalue weighted by Gasteiger charge is -2.30. The molecule has 1 rings (SSSR count). The van der Waals surface area contributed by atoms with Crippen molar-refractivity contribution in [3.05, 3.63) is 0 Å². The second-order valence-electron chi connectivity index (χ2n) is 2.99. The van der Waals surface area contributed by atoms with E-state index in [4.69, 9.17) is 15.4 Å². The van der Waals surface area contributed by atoms with Crippen LogP contribution in [-0.2, 0) is 13.8 Å². The smallest absolute Gasteiger partial charge is 0.256 e. The number of hydrogen-bond donors (Lipinski definition) is 0. The maximum Gasteiger partial charge on any atom is 0.256 e. The number of hydrogen-bond acceptors (Lipinski definition) is 3. The van der Waals surface area contributed by atoms with Crippen molar-refractivity contribution in [1.82, 2.24) is 0 Å². The van der Waals surface area contributed by atoms with Crippen molar-refractivity contribution >= 4 is 19.7 Å². The molecule has 1 unspecified atom stereocenters. The largest absolute Gasteiger partial charge is 0.381 e. The zero-order valence-corrected chi connectivity index (χ0v) is 8.25. The fraction of sp³-hybridized carbons (Fsp3) is 1.00. The van der Waals surface area contributed by atoms with Gasteiger partial charge in [0.2, 0.25) is 9.05 Å². The molecule has 1 fully saturated rings. The van der Waals surface area contributed by atoms with Gasteiger partial charge >= 0.3 is 0 Å². The molecule has 0 aromatic carbocycles. The summed E-state index contributed by atoms with van der Waals surface area (Å²) in [4.78, 5) is 0. The quantitative estimate of drug-likeness (QED) is 0.675. The average molecular weight is 235 g/mol. The van der Waals surface area contributed by atoms with Gasteiger partial charge in [0.1, 0.15) is 0 Å². The molecule has 0 spiro atoms. The molecule has 0 aliphatic carbocycles. The Labute approximate surface area is 79.4 Å². The molecule has 1 aliphatic heterocycles. The Morgan fingerprint density at radius 3 is 2.62 bits per heavy atom. The second kappa shape index (κ2) is 3.67. The van der Waals surface area contributed by atoms with Gasteiger partial charge in [-0.2, -0.15) is 0 Å². The summed E-state index contributed by atoms with van der Waals surface area (Å²) in [7, 11) is 0.995. The summed E-state index contributed by atoms with van der Waals surface area (Å²) in [6, 6.07) is 0. The summed E-state index contributed by atoms with van der Waals surface area (Å²) in [5.74, 6) is -5.04. The molecular weight excluding hydrogens is 226 g/mol. The highest BCUT2D eigenvalue weighted by Gasteiger charge is 2.44. The van der Waals surface area contributed by atoms with Crippen LogP contribution in [0.3, 0.4) is 0 Å². The summed E-state index contributed by atoms with van der Waals surface area (Å²) in [6.07, 6.45) is -0.440. The summed E-state index contributed by atoms with van der Waals surface area (Å²) < 4.78 is 51.9. The predicted molar refractivity (Wildman–Crippen MR) is 43.5 cm³/mol. The van der Waals surface area contributed by atoms with Crippen LogP contribution in [0.1, 0.15) is 6.42 Å². The van der Waals surface area contributed by atoms with Gasteiger partial charge in [0.15, 0.2) is 0 Å². The molecule has 1 aliphatic rings. The Bertz CT molecular complexity index is 278. The molecule has 1 heterocycles. The van der Waals surface area contributed by atoms with Crippen LogP contribution in [-0.4, -0.2) is 33.3 Å². The Kier molecular flexibility index (Phi) is 3.14. The number of alkyl halides is 2. The molecule has 78 valence electrons. The maximum atomic E-state index is 13.0. The topological polar surface area (TPSA) is 43.4 Å². The van der Waals surface area contributed by atoms with Crippen LogP contribution in [0.2, 0.25) is 0 Å². The lowest BCUT2D eigenvalue weighted by molar-refractivity contribution is -0.133. The molecule has 1 saturated heterocycles. The highest BCUT2D eigenvalue weighted by atomic mass is 35.7. The predicted octanol–water partition coefficient (Wildman–Crippen LogP) is 1.23. The fourth-order valence-electron chi connectivity index (χ4n) is 1.17. The molecule has 13 heavy (non-hydrogen) atoms. The molecule has 0 amide bonds. The van der Waals surface area contributed by atoms with Gasteiger partial charge in [-0.25, -0.2) is 17.2 Å².